The molecule has 21 heavy (non-hydrogen) atoms. The van der Waals surface area contributed by atoms with Crippen molar-refractivity contribution in [2.45, 2.75) is 58.7 Å². The lowest BCUT2D eigenvalue weighted by molar-refractivity contribution is 0.0471. The molecule has 0 aliphatic rings. The number of carbonyl (C=O) groups excluding carboxylic acids is 1. The molecule has 2 N–H and O–H groups in total. The fourth-order valence-corrected chi connectivity index (χ4v) is 1.77. The number of carbonyl (C=O) groups is 1. The zero-order valence-electron chi connectivity index (χ0n) is 13.9. The molecule has 1 rings (SSSR count). The van der Waals surface area contributed by atoms with Crippen LogP contribution in [0.15, 0.2) is 24.4 Å². The van der Waals surface area contributed by atoms with E-state index in [2.05, 4.69) is 15.6 Å². The Morgan fingerprint density at radius 3 is 2.48 bits per heavy atom. The summed E-state index contributed by atoms with van der Waals surface area (Å²) in [5.41, 5.74) is 0.0748. The minimum atomic E-state index is -0.491. The molecule has 1 heterocycles. The number of rotatable bonds is 5. The van der Waals surface area contributed by atoms with E-state index in [1.165, 1.54) is 0 Å². The lowest BCUT2D eigenvalue weighted by atomic mass is 10.1. The molecule has 0 aliphatic carbocycles. The Bertz CT molecular complexity index is 452. The van der Waals surface area contributed by atoms with Crippen LogP contribution in [0.1, 0.15) is 53.3 Å². The second-order valence-corrected chi connectivity index (χ2v) is 6.87. The van der Waals surface area contributed by atoms with Gasteiger partial charge in [-0.3, -0.25) is 4.98 Å². The van der Waals surface area contributed by atoms with Crippen LogP contribution in [-0.2, 0) is 4.74 Å². The van der Waals surface area contributed by atoms with Crippen molar-refractivity contribution in [3.63, 3.8) is 0 Å². The summed E-state index contributed by atoms with van der Waals surface area (Å²) in [6, 6.07) is 5.95. The van der Waals surface area contributed by atoms with Crippen molar-refractivity contribution in [2.75, 3.05) is 6.54 Å². The molecule has 0 bridgehead atoms. The fourth-order valence-electron chi connectivity index (χ4n) is 1.77. The minimum absolute atomic E-state index is 0.117. The van der Waals surface area contributed by atoms with Crippen molar-refractivity contribution in [2.24, 2.45) is 0 Å². The van der Waals surface area contributed by atoms with Crippen molar-refractivity contribution >= 4 is 6.09 Å². The van der Waals surface area contributed by atoms with E-state index in [1.54, 1.807) is 6.20 Å². The number of aromatic nitrogens is 1. The molecule has 0 spiro atoms. The Hall–Kier alpha value is -1.62. The van der Waals surface area contributed by atoms with Crippen molar-refractivity contribution in [1.29, 1.82) is 0 Å². The zero-order chi connectivity index (χ0) is 16.1. The quantitative estimate of drug-likeness (QED) is 0.876. The van der Waals surface area contributed by atoms with Crippen molar-refractivity contribution in [1.82, 2.24) is 15.6 Å². The van der Waals surface area contributed by atoms with Crippen LogP contribution in [0.5, 0.6) is 0 Å². The molecule has 0 aliphatic heterocycles. The number of nitrogens with one attached hydrogen (secondary N) is 2. The number of ether oxygens (including phenoxy) is 1. The standard InChI is InChI=1S/C16H27N3O2/c1-12(13-9-7-8-10-17-13)18-11-16(5,6)19-14(20)21-15(2,3)4/h7-10,12,18H,11H2,1-6H3,(H,19,20). The van der Waals surface area contributed by atoms with Gasteiger partial charge in [-0.25, -0.2) is 4.79 Å². The van der Waals surface area contributed by atoms with Gasteiger partial charge in [0.2, 0.25) is 0 Å². The normalized spacial score (nSPS) is 13.6. The van der Waals surface area contributed by atoms with Crippen molar-refractivity contribution in [3.8, 4) is 0 Å². The van der Waals surface area contributed by atoms with Gasteiger partial charge in [-0.15, -0.1) is 0 Å². The van der Waals surface area contributed by atoms with Gasteiger partial charge >= 0.3 is 6.09 Å². The third-order valence-corrected chi connectivity index (χ3v) is 2.82. The monoisotopic (exact) mass is 293 g/mol. The highest BCUT2D eigenvalue weighted by atomic mass is 16.6. The summed E-state index contributed by atoms with van der Waals surface area (Å²) in [4.78, 5) is 16.1. The first kappa shape index (κ1) is 17.4. The molecular formula is C16H27N3O2. The molecule has 0 fully saturated rings. The lowest BCUT2D eigenvalue weighted by Crippen LogP contribution is -2.52. The Labute approximate surface area is 127 Å². The first-order valence-electron chi connectivity index (χ1n) is 7.24. The van der Waals surface area contributed by atoms with E-state index in [0.29, 0.717) is 6.54 Å². The first-order valence-corrected chi connectivity index (χ1v) is 7.24. The molecule has 0 saturated heterocycles. The predicted molar refractivity (Wildman–Crippen MR) is 84.1 cm³/mol. The number of hydrogen-bond acceptors (Lipinski definition) is 4. The number of nitrogens with zero attached hydrogens (tertiary/aromatic N) is 1. The first-order chi connectivity index (χ1) is 9.59. The van der Waals surface area contributed by atoms with Crippen LogP contribution in [-0.4, -0.2) is 28.8 Å². The van der Waals surface area contributed by atoms with E-state index < -0.39 is 17.2 Å². The molecule has 1 aromatic heterocycles. The maximum absolute atomic E-state index is 11.8. The molecule has 5 heteroatoms. The minimum Gasteiger partial charge on any atom is -0.444 e. The number of alkyl carbamates (subject to hydrolysis) is 1. The van der Waals surface area contributed by atoms with Crippen molar-refractivity contribution < 1.29 is 9.53 Å². The van der Waals surface area contributed by atoms with Gasteiger partial charge in [0.15, 0.2) is 0 Å². The third-order valence-electron chi connectivity index (χ3n) is 2.82. The smallest absolute Gasteiger partial charge is 0.408 e. The Kier molecular flexibility index (Phi) is 5.72. The van der Waals surface area contributed by atoms with E-state index in [4.69, 9.17) is 4.74 Å². The maximum atomic E-state index is 11.8. The SMILES string of the molecule is CC(NCC(C)(C)NC(=O)OC(C)(C)C)c1ccccn1. The van der Waals surface area contributed by atoms with Crippen LogP contribution in [0.2, 0.25) is 0 Å². The fraction of sp³-hybridized carbons (Fsp3) is 0.625. The molecule has 0 saturated carbocycles. The van der Waals surface area contributed by atoms with Gasteiger partial charge in [0, 0.05) is 18.8 Å². The van der Waals surface area contributed by atoms with Crippen LogP contribution in [0, 0.1) is 0 Å². The van der Waals surface area contributed by atoms with E-state index in [0.717, 1.165) is 5.69 Å². The van der Waals surface area contributed by atoms with Crippen LogP contribution in [0.25, 0.3) is 0 Å². The molecule has 118 valence electrons. The van der Waals surface area contributed by atoms with Gasteiger partial charge in [-0.2, -0.15) is 0 Å². The van der Waals surface area contributed by atoms with Gasteiger partial charge in [0.05, 0.1) is 11.2 Å². The predicted octanol–water partition coefficient (Wildman–Crippen LogP) is 3.04. The average Bonchev–Trinajstić information content (AvgIpc) is 2.34. The van der Waals surface area contributed by atoms with Crippen LogP contribution >= 0.6 is 0 Å². The summed E-state index contributed by atoms with van der Waals surface area (Å²) in [5.74, 6) is 0. The molecule has 0 radical (unpaired) electrons. The summed E-state index contributed by atoms with van der Waals surface area (Å²) in [5, 5.41) is 6.25. The largest absolute Gasteiger partial charge is 0.444 e. The van der Waals surface area contributed by atoms with E-state index >= 15 is 0 Å². The highest BCUT2D eigenvalue weighted by Gasteiger charge is 2.25. The highest BCUT2D eigenvalue weighted by Crippen LogP contribution is 2.12. The molecule has 1 unspecified atom stereocenters. The topological polar surface area (TPSA) is 63.2 Å². The molecule has 1 atom stereocenters. The van der Waals surface area contributed by atoms with Gasteiger partial charge < -0.3 is 15.4 Å². The van der Waals surface area contributed by atoms with Crippen LogP contribution in [0.4, 0.5) is 4.79 Å². The van der Waals surface area contributed by atoms with E-state index in [-0.39, 0.29) is 6.04 Å². The zero-order valence-corrected chi connectivity index (χ0v) is 13.9. The summed E-state index contributed by atoms with van der Waals surface area (Å²) < 4.78 is 5.27. The van der Waals surface area contributed by atoms with E-state index in [1.807, 2.05) is 59.7 Å². The highest BCUT2D eigenvalue weighted by molar-refractivity contribution is 5.68. The van der Waals surface area contributed by atoms with Gasteiger partial charge in [0.25, 0.3) is 0 Å². The number of amides is 1. The van der Waals surface area contributed by atoms with E-state index in [9.17, 15) is 4.79 Å². The summed E-state index contributed by atoms with van der Waals surface area (Å²) >= 11 is 0. The Balaban J connectivity index is 2.47. The molecule has 0 aromatic carbocycles. The summed E-state index contributed by atoms with van der Waals surface area (Å²) in [7, 11) is 0. The van der Waals surface area contributed by atoms with Gasteiger partial charge in [0.1, 0.15) is 5.60 Å². The summed E-state index contributed by atoms with van der Waals surface area (Å²) in [6.45, 7) is 12.1. The Morgan fingerprint density at radius 2 is 1.95 bits per heavy atom. The second kappa shape index (κ2) is 6.89. The van der Waals surface area contributed by atoms with Crippen molar-refractivity contribution in [3.05, 3.63) is 30.1 Å². The van der Waals surface area contributed by atoms with Gasteiger partial charge in [-0.05, 0) is 53.7 Å². The lowest BCUT2D eigenvalue weighted by Gasteiger charge is -2.30. The molecular weight excluding hydrogens is 266 g/mol. The maximum Gasteiger partial charge on any atom is 0.408 e. The third kappa shape index (κ3) is 7.09. The van der Waals surface area contributed by atoms with Crippen LogP contribution in [0.3, 0.4) is 0 Å². The summed E-state index contributed by atoms with van der Waals surface area (Å²) in [6.07, 6.45) is 1.37. The molecule has 1 amide bonds. The Morgan fingerprint density at radius 1 is 1.29 bits per heavy atom. The number of pyridine rings is 1. The van der Waals surface area contributed by atoms with Crippen LogP contribution < -0.4 is 10.6 Å². The van der Waals surface area contributed by atoms with Gasteiger partial charge in [-0.1, -0.05) is 6.07 Å². The molecule has 1 aromatic rings. The molecule has 5 nitrogen and oxygen atoms in total. The second-order valence-electron chi connectivity index (χ2n) is 6.87. The average molecular weight is 293 g/mol. The number of hydrogen-bond donors (Lipinski definition) is 2.